The topological polar surface area (TPSA) is 47.3 Å². The summed E-state index contributed by atoms with van der Waals surface area (Å²) in [5, 5.41) is 8.86. The summed E-state index contributed by atoms with van der Waals surface area (Å²) in [5.41, 5.74) is 1.94. The number of nitriles is 1. The molecular weight excluding hydrogens is 286 g/mol. The van der Waals surface area contributed by atoms with Gasteiger partial charge in [0.25, 0.3) is 0 Å². The lowest BCUT2D eigenvalue weighted by Gasteiger charge is -2.24. The van der Waals surface area contributed by atoms with E-state index < -0.39 is 0 Å². The maximum Gasteiger partial charge on any atom is 0.225 e. The number of amides is 1. The van der Waals surface area contributed by atoms with E-state index in [1.165, 1.54) is 18.4 Å². The number of carbonyl (C=O) groups is 1. The van der Waals surface area contributed by atoms with E-state index in [1.807, 2.05) is 24.3 Å². The second-order valence-corrected chi connectivity index (χ2v) is 6.75. The van der Waals surface area contributed by atoms with Crippen LogP contribution in [0.5, 0.6) is 0 Å². The monoisotopic (exact) mass is 311 g/mol. The zero-order chi connectivity index (χ0) is 16.1. The van der Waals surface area contributed by atoms with Crippen molar-refractivity contribution in [3.63, 3.8) is 0 Å². The Bertz CT molecular complexity index is 569. The van der Waals surface area contributed by atoms with Gasteiger partial charge in [0.15, 0.2) is 0 Å². The van der Waals surface area contributed by atoms with Crippen LogP contribution in [0.2, 0.25) is 0 Å². The van der Waals surface area contributed by atoms with E-state index in [1.54, 1.807) is 0 Å². The van der Waals surface area contributed by atoms with Gasteiger partial charge in [0.2, 0.25) is 5.91 Å². The van der Waals surface area contributed by atoms with Gasteiger partial charge in [-0.2, -0.15) is 5.26 Å². The number of benzene rings is 1. The highest BCUT2D eigenvalue weighted by Crippen LogP contribution is 2.27. The molecular formula is C19H25N3O. The molecule has 4 heteroatoms. The Morgan fingerprint density at radius 2 is 1.78 bits per heavy atom. The third-order valence-corrected chi connectivity index (χ3v) is 5.09. The molecule has 1 aromatic carbocycles. The summed E-state index contributed by atoms with van der Waals surface area (Å²) >= 11 is 0. The van der Waals surface area contributed by atoms with Crippen LogP contribution in [0.1, 0.15) is 43.2 Å². The molecule has 1 aliphatic heterocycles. The fourth-order valence-electron chi connectivity index (χ4n) is 3.72. The Morgan fingerprint density at radius 1 is 1.04 bits per heavy atom. The fourth-order valence-corrected chi connectivity index (χ4v) is 3.72. The first-order chi connectivity index (χ1) is 11.3. The molecule has 0 atom stereocenters. The van der Waals surface area contributed by atoms with Gasteiger partial charge in [-0.05, 0) is 37.0 Å². The Balaban J connectivity index is 1.53. The van der Waals surface area contributed by atoms with Gasteiger partial charge >= 0.3 is 0 Å². The number of nitrogens with zero attached hydrogens (tertiary/aromatic N) is 3. The summed E-state index contributed by atoms with van der Waals surface area (Å²) in [5.74, 6) is 0.683. The highest BCUT2D eigenvalue weighted by atomic mass is 16.2. The highest BCUT2D eigenvalue weighted by molar-refractivity contribution is 5.79. The Labute approximate surface area is 138 Å². The fraction of sp³-hybridized carbons (Fsp3) is 0.579. The maximum atomic E-state index is 12.6. The number of rotatable bonds is 3. The smallest absolute Gasteiger partial charge is 0.225 e. The van der Waals surface area contributed by atoms with E-state index in [2.05, 4.69) is 15.9 Å². The predicted octanol–water partition coefficient (Wildman–Crippen LogP) is 2.78. The van der Waals surface area contributed by atoms with E-state index in [9.17, 15) is 4.79 Å². The molecule has 1 heterocycles. The van der Waals surface area contributed by atoms with Gasteiger partial charge in [-0.3, -0.25) is 9.69 Å². The van der Waals surface area contributed by atoms with E-state index in [0.29, 0.717) is 17.4 Å². The molecule has 1 saturated heterocycles. The zero-order valence-corrected chi connectivity index (χ0v) is 13.7. The lowest BCUT2D eigenvalue weighted by molar-refractivity contribution is -0.135. The standard InChI is InChI=1S/C19H25N3O/c20-14-16-6-8-17(9-7-16)15-21-10-3-11-22(13-12-21)19(23)18-4-1-2-5-18/h6-9,18H,1-5,10-13,15H2. The minimum Gasteiger partial charge on any atom is -0.341 e. The molecule has 2 aliphatic rings. The van der Waals surface area contributed by atoms with Gasteiger partial charge in [0.05, 0.1) is 11.6 Å². The summed E-state index contributed by atoms with van der Waals surface area (Å²) in [6.07, 6.45) is 5.66. The first-order valence-corrected chi connectivity index (χ1v) is 8.76. The first kappa shape index (κ1) is 16.0. The van der Waals surface area contributed by atoms with Crippen LogP contribution >= 0.6 is 0 Å². The summed E-state index contributed by atoms with van der Waals surface area (Å²) in [6.45, 7) is 4.63. The molecule has 23 heavy (non-hydrogen) atoms. The number of carbonyl (C=O) groups excluding carboxylic acids is 1. The molecule has 2 fully saturated rings. The van der Waals surface area contributed by atoms with Crippen molar-refractivity contribution in [2.45, 2.75) is 38.6 Å². The van der Waals surface area contributed by atoms with E-state index in [0.717, 1.165) is 52.0 Å². The highest BCUT2D eigenvalue weighted by Gasteiger charge is 2.28. The van der Waals surface area contributed by atoms with Crippen molar-refractivity contribution in [3.05, 3.63) is 35.4 Å². The Kier molecular flexibility index (Phi) is 5.30. The molecule has 3 rings (SSSR count). The minimum absolute atomic E-state index is 0.292. The van der Waals surface area contributed by atoms with Crippen molar-refractivity contribution >= 4 is 5.91 Å². The molecule has 1 aromatic rings. The summed E-state index contributed by atoms with van der Waals surface area (Å²) in [7, 11) is 0. The number of hydrogen-bond donors (Lipinski definition) is 0. The Hall–Kier alpha value is -1.86. The first-order valence-electron chi connectivity index (χ1n) is 8.76. The van der Waals surface area contributed by atoms with Crippen LogP contribution in [0, 0.1) is 17.2 Å². The molecule has 0 N–H and O–H groups in total. The average Bonchev–Trinajstić information content (AvgIpc) is 3.02. The normalized spacial score (nSPS) is 20.2. The lowest BCUT2D eigenvalue weighted by Crippen LogP contribution is -2.38. The van der Waals surface area contributed by atoms with Crippen LogP contribution in [0.4, 0.5) is 0 Å². The SMILES string of the molecule is N#Cc1ccc(CN2CCCN(C(=O)C3CCCC3)CC2)cc1. The summed E-state index contributed by atoms with van der Waals surface area (Å²) in [4.78, 5) is 17.1. The largest absolute Gasteiger partial charge is 0.341 e. The van der Waals surface area contributed by atoms with Crippen LogP contribution < -0.4 is 0 Å². The third kappa shape index (κ3) is 4.11. The van der Waals surface area contributed by atoms with E-state index in [-0.39, 0.29) is 0 Å². The molecule has 122 valence electrons. The van der Waals surface area contributed by atoms with Crippen molar-refractivity contribution in [2.75, 3.05) is 26.2 Å². The second kappa shape index (κ2) is 7.61. The van der Waals surface area contributed by atoms with Crippen LogP contribution in [-0.2, 0) is 11.3 Å². The molecule has 1 aliphatic carbocycles. The lowest BCUT2D eigenvalue weighted by atomic mass is 10.1. The van der Waals surface area contributed by atoms with Gasteiger partial charge in [0.1, 0.15) is 0 Å². The predicted molar refractivity (Wildman–Crippen MR) is 89.6 cm³/mol. The average molecular weight is 311 g/mol. The second-order valence-electron chi connectivity index (χ2n) is 6.75. The van der Waals surface area contributed by atoms with Crippen LogP contribution in [0.25, 0.3) is 0 Å². The van der Waals surface area contributed by atoms with E-state index in [4.69, 9.17) is 5.26 Å². The van der Waals surface area contributed by atoms with Gasteiger partial charge in [-0.15, -0.1) is 0 Å². The molecule has 0 radical (unpaired) electrons. The van der Waals surface area contributed by atoms with Crippen LogP contribution in [-0.4, -0.2) is 41.9 Å². The summed E-state index contributed by atoms with van der Waals surface area (Å²) < 4.78 is 0. The third-order valence-electron chi connectivity index (χ3n) is 5.09. The maximum absolute atomic E-state index is 12.6. The zero-order valence-electron chi connectivity index (χ0n) is 13.7. The summed E-state index contributed by atoms with van der Waals surface area (Å²) in [6, 6.07) is 9.98. The van der Waals surface area contributed by atoms with Crippen molar-refractivity contribution in [1.29, 1.82) is 5.26 Å². The van der Waals surface area contributed by atoms with Crippen molar-refractivity contribution in [2.24, 2.45) is 5.92 Å². The van der Waals surface area contributed by atoms with E-state index >= 15 is 0 Å². The van der Waals surface area contributed by atoms with Crippen LogP contribution in [0.15, 0.2) is 24.3 Å². The molecule has 0 unspecified atom stereocenters. The quantitative estimate of drug-likeness (QED) is 0.862. The van der Waals surface area contributed by atoms with Crippen LogP contribution in [0.3, 0.4) is 0 Å². The minimum atomic E-state index is 0.292. The molecule has 0 bridgehead atoms. The number of hydrogen-bond acceptors (Lipinski definition) is 3. The van der Waals surface area contributed by atoms with Crippen molar-refractivity contribution in [1.82, 2.24) is 9.80 Å². The van der Waals surface area contributed by atoms with Gasteiger partial charge < -0.3 is 4.90 Å². The van der Waals surface area contributed by atoms with Crippen molar-refractivity contribution in [3.8, 4) is 6.07 Å². The van der Waals surface area contributed by atoms with Gasteiger partial charge in [-0.1, -0.05) is 25.0 Å². The Morgan fingerprint density at radius 3 is 2.48 bits per heavy atom. The molecule has 0 spiro atoms. The molecule has 0 aromatic heterocycles. The molecule has 1 saturated carbocycles. The molecule has 4 nitrogen and oxygen atoms in total. The van der Waals surface area contributed by atoms with Crippen molar-refractivity contribution < 1.29 is 4.79 Å². The van der Waals surface area contributed by atoms with Gasteiger partial charge in [0, 0.05) is 38.6 Å². The van der Waals surface area contributed by atoms with Gasteiger partial charge in [-0.25, -0.2) is 0 Å². The molecule has 1 amide bonds.